The largest absolute Gasteiger partial charge is 0.393 e. The molecular formula is C21H27ClN2O3. The van der Waals surface area contributed by atoms with Crippen molar-refractivity contribution in [2.45, 2.75) is 69.1 Å². The van der Waals surface area contributed by atoms with Gasteiger partial charge < -0.3 is 14.9 Å². The first-order chi connectivity index (χ1) is 13.0. The second-order valence-electron chi connectivity index (χ2n) is 8.14. The molecule has 27 heavy (non-hydrogen) atoms. The molecule has 2 amide bonds. The van der Waals surface area contributed by atoms with Gasteiger partial charge in [0.2, 0.25) is 5.91 Å². The minimum absolute atomic E-state index is 0.105. The van der Waals surface area contributed by atoms with E-state index in [1.54, 1.807) is 17.0 Å². The van der Waals surface area contributed by atoms with Crippen LogP contribution in [0.25, 0.3) is 0 Å². The molecule has 0 radical (unpaired) electrons. The Morgan fingerprint density at radius 1 is 1.07 bits per heavy atom. The Balaban J connectivity index is 1.59. The summed E-state index contributed by atoms with van der Waals surface area (Å²) >= 11 is 6.26. The molecule has 3 aliphatic rings. The lowest BCUT2D eigenvalue weighted by Gasteiger charge is -2.48. The summed E-state index contributed by atoms with van der Waals surface area (Å²) in [5, 5.41) is 10.2. The number of nitrogens with zero attached hydrogens (tertiary/aromatic N) is 2. The van der Waals surface area contributed by atoms with Gasteiger partial charge in [-0.25, -0.2) is 0 Å². The molecule has 4 rings (SSSR count). The fourth-order valence-electron chi connectivity index (χ4n) is 5.17. The van der Waals surface area contributed by atoms with Crippen LogP contribution in [0.2, 0.25) is 5.02 Å². The third-order valence-corrected chi connectivity index (χ3v) is 6.92. The van der Waals surface area contributed by atoms with Crippen LogP contribution in [0.4, 0.5) is 0 Å². The number of aliphatic hydroxyl groups is 1. The predicted octanol–water partition coefficient (Wildman–Crippen LogP) is 3.24. The normalized spacial score (nSPS) is 31.6. The number of piperidine rings is 1. The molecule has 2 aliphatic heterocycles. The van der Waals surface area contributed by atoms with E-state index in [0.717, 1.165) is 57.9 Å². The first kappa shape index (κ1) is 18.8. The summed E-state index contributed by atoms with van der Waals surface area (Å²) in [6.45, 7) is 1.36. The van der Waals surface area contributed by atoms with Crippen LogP contribution in [0.15, 0.2) is 24.3 Å². The van der Waals surface area contributed by atoms with Gasteiger partial charge in [-0.1, -0.05) is 23.7 Å². The fraction of sp³-hybridized carbons (Fsp3) is 0.619. The van der Waals surface area contributed by atoms with Crippen molar-refractivity contribution in [1.29, 1.82) is 0 Å². The molecule has 0 aromatic heterocycles. The van der Waals surface area contributed by atoms with E-state index < -0.39 is 5.54 Å². The van der Waals surface area contributed by atoms with Crippen LogP contribution < -0.4 is 0 Å². The van der Waals surface area contributed by atoms with E-state index >= 15 is 0 Å². The van der Waals surface area contributed by atoms with Crippen molar-refractivity contribution in [1.82, 2.24) is 9.80 Å². The number of benzene rings is 1. The van der Waals surface area contributed by atoms with Crippen LogP contribution in [0.1, 0.15) is 61.7 Å². The monoisotopic (exact) mass is 390 g/mol. The fourth-order valence-corrected chi connectivity index (χ4v) is 5.39. The predicted molar refractivity (Wildman–Crippen MR) is 104 cm³/mol. The Labute approximate surface area is 165 Å². The summed E-state index contributed by atoms with van der Waals surface area (Å²) < 4.78 is 0. The van der Waals surface area contributed by atoms with Gasteiger partial charge in [-0.2, -0.15) is 0 Å². The van der Waals surface area contributed by atoms with Gasteiger partial charge in [0.05, 0.1) is 16.7 Å². The second kappa shape index (κ2) is 7.44. The zero-order valence-electron chi connectivity index (χ0n) is 15.6. The molecule has 2 heterocycles. The highest BCUT2D eigenvalue weighted by molar-refractivity contribution is 6.33. The molecule has 2 saturated heterocycles. The molecule has 5 nitrogen and oxygen atoms in total. The van der Waals surface area contributed by atoms with E-state index in [9.17, 15) is 14.7 Å². The summed E-state index contributed by atoms with van der Waals surface area (Å²) in [5.41, 5.74) is -0.240. The van der Waals surface area contributed by atoms with Crippen molar-refractivity contribution in [3.05, 3.63) is 34.9 Å². The van der Waals surface area contributed by atoms with E-state index in [0.29, 0.717) is 17.1 Å². The topological polar surface area (TPSA) is 60.9 Å². The first-order valence-corrected chi connectivity index (χ1v) is 10.5. The number of hydrogen-bond acceptors (Lipinski definition) is 3. The van der Waals surface area contributed by atoms with Gasteiger partial charge in [0.25, 0.3) is 5.91 Å². The Bertz CT molecular complexity index is 732. The Hall–Kier alpha value is -1.59. The minimum Gasteiger partial charge on any atom is -0.393 e. The maximum absolute atomic E-state index is 13.6. The molecule has 3 fully saturated rings. The molecule has 1 spiro atoms. The van der Waals surface area contributed by atoms with Gasteiger partial charge in [-0.15, -0.1) is 0 Å². The van der Waals surface area contributed by atoms with Crippen molar-refractivity contribution in [3.63, 3.8) is 0 Å². The molecule has 1 aromatic rings. The standard InChI is InChI=1S/C21H27ClN2O3/c22-18-6-2-1-5-17(18)19(26)24-14-4-12-21(24)11-3-13-23(20(21)27)15-7-9-16(25)10-8-15/h1-2,5-6,15-16,25H,3-4,7-14H2. The zero-order chi connectivity index (χ0) is 19.0. The number of hydrogen-bond donors (Lipinski definition) is 1. The summed E-state index contributed by atoms with van der Waals surface area (Å²) in [5.74, 6) is -0.0274. The maximum atomic E-state index is 13.6. The van der Waals surface area contributed by atoms with E-state index in [1.807, 2.05) is 17.0 Å². The molecule has 1 atom stereocenters. The van der Waals surface area contributed by atoms with Crippen LogP contribution in [0.5, 0.6) is 0 Å². The van der Waals surface area contributed by atoms with Gasteiger partial charge >= 0.3 is 0 Å². The van der Waals surface area contributed by atoms with E-state index in [4.69, 9.17) is 11.6 Å². The zero-order valence-corrected chi connectivity index (χ0v) is 16.3. The third-order valence-electron chi connectivity index (χ3n) is 6.59. The highest BCUT2D eigenvalue weighted by Gasteiger charge is 2.54. The van der Waals surface area contributed by atoms with Crippen LogP contribution in [-0.2, 0) is 4.79 Å². The lowest BCUT2D eigenvalue weighted by Crippen LogP contribution is -2.63. The smallest absolute Gasteiger partial charge is 0.256 e. The SMILES string of the molecule is O=C(c1ccccc1Cl)N1CCCC12CCCN(C1CCC(O)CC1)C2=O. The Morgan fingerprint density at radius 2 is 1.74 bits per heavy atom. The van der Waals surface area contributed by atoms with Crippen molar-refractivity contribution in [2.75, 3.05) is 13.1 Å². The van der Waals surface area contributed by atoms with Crippen molar-refractivity contribution < 1.29 is 14.7 Å². The number of amides is 2. The van der Waals surface area contributed by atoms with Crippen LogP contribution in [-0.4, -0.2) is 57.5 Å². The number of carbonyl (C=O) groups is 2. The lowest BCUT2D eigenvalue weighted by atomic mass is 9.82. The average molecular weight is 391 g/mol. The quantitative estimate of drug-likeness (QED) is 0.843. The molecule has 6 heteroatoms. The van der Waals surface area contributed by atoms with Crippen LogP contribution in [0, 0.1) is 0 Å². The summed E-state index contributed by atoms with van der Waals surface area (Å²) in [6.07, 6.45) is 6.19. The lowest BCUT2D eigenvalue weighted by molar-refractivity contribution is -0.149. The third kappa shape index (κ3) is 3.25. The summed E-state index contributed by atoms with van der Waals surface area (Å²) in [4.78, 5) is 30.6. The van der Waals surface area contributed by atoms with Crippen molar-refractivity contribution in [3.8, 4) is 0 Å². The Morgan fingerprint density at radius 3 is 2.44 bits per heavy atom. The molecular weight excluding hydrogens is 364 g/mol. The molecule has 0 bridgehead atoms. The van der Waals surface area contributed by atoms with Gasteiger partial charge in [-0.05, 0) is 63.5 Å². The van der Waals surface area contributed by atoms with Crippen molar-refractivity contribution in [2.24, 2.45) is 0 Å². The minimum atomic E-state index is -0.718. The van der Waals surface area contributed by atoms with Gasteiger partial charge in [-0.3, -0.25) is 9.59 Å². The number of likely N-dealkylation sites (tertiary alicyclic amines) is 2. The van der Waals surface area contributed by atoms with Crippen LogP contribution >= 0.6 is 11.6 Å². The summed E-state index contributed by atoms with van der Waals surface area (Å²) in [6, 6.07) is 7.27. The maximum Gasteiger partial charge on any atom is 0.256 e. The average Bonchev–Trinajstić information content (AvgIpc) is 3.09. The van der Waals surface area contributed by atoms with Gasteiger partial charge in [0, 0.05) is 19.1 Å². The molecule has 146 valence electrons. The highest BCUT2D eigenvalue weighted by atomic mass is 35.5. The first-order valence-electron chi connectivity index (χ1n) is 10.1. The van der Waals surface area contributed by atoms with E-state index in [-0.39, 0.29) is 24.0 Å². The number of halogens is 1. The number of carbonyl (C=O) groups excluding carboxylic acids is 2. The summed E-state index contributed by atoms with van der Waals surface area (Å²) in [7, 11) is 0. The van der Waals surface area contributed by atoms with E-state index in [2.05, 4.69) is 0 Å². The van der Waals surface area contributed by atoms with Gasteiger partial charge in [0.15, 0.2) is 0 Å². The Kier molecular flexibility index (Phi) is 5.17. The number of rotatable bonds is 2. The molecule has 1 unspecified atom stereocenters. The van der Waals surface area contributed by atoms with Crippen LogP contribution in [0.3, 0.4) is 0 Å². The number of aliphatic hydroxyl groups excluding tert-OH is 1. The van der Waals surface area contributed by atoms with E-state index in [1.165, 1.54) is 0 Å². The second-order valence-corrected chi connectivity index (χ2v) is 8.54. The highest BCUT2D eigenvalue weighted by Crippen LogP contribution is 2.41. The molecule has 1 aliphatic carbocycles. The van der Waals surface area contributed by atoms with Crippen molar-refractivity contribution >= 4 is 23.4 Å². The molecule has 1 saturated carbocycles. The van der Waals surface area contributed by atoms with Gasteiger partial charge in [0.1, 0.15) is 5.54 Å². The molecule has 1 aromatic carbocycles. The molecule has 1 N–H and O–H groups in total.